The number of methoxy groups -OCH3 is 1. The topological polar surface area (TPSA) is 79.8 Å². The van der Waals surface area contributed by atoms with Crippen LogP contribution in [0.5, 0.6) is 5.75 Å². The van der Waals surface area contributed by atoms with Crippen LogP contribution in [-0.4, -0.2) is 24.6 Å². The molecule has 3 rings (SSSR count). The van der Waals surface area contributed by atoms with Gasteiger partial charge in [-0.05, 0) is 36.1 Å². The van der Waals surface area contributed by atoms with Crippen molar-refractivity contribution in [1.29, 1.82) is 0 Å². The van der Waals surface area contributed by atoms with Crippen LogP contribution < -0.4 is 15.5 Å². The fraction of sp³-hybridized carbons (Fsp3) is 0.174. The van der Waals surface area contributed by atoms with Crippen LogP contribution in [0, 0.1) is 0 Å². The van der Waals surface area contributed by atoms with E-state index >= 15 is 0 Å². The van der Waals surface area contributed by atoms with Gasteiger partial charge in [-0.3, -0.25) is 9.59 Å². The lowest BCUT2D eigenvalue weighted by molar-refractivity contribution is -0.120. The van der Waals surface area contributed by atoms with Gasteiger partial charge < -0.3 is 10.1 Å². The average molecular weight is 389 g/mol. The third-order valence-electron chi connectivity index (χ3n) is 4.38. The first-order valence-corrected chi connectivity index (χ1v) is 9.27. The molecule has 0 fully saturated rings. The number of hydrogen-bond donors (Lipinski definition) is 2. The van der Waals surface area contributed by atoms with Crippen LogP contribution in [0.4, 0.5) is 5.69 Å². The molecule has 0 radical (unpaired) electrons. The monoisotopic (exact) mass is 389 g/mol. The van der Waals surface area contributed by atoms with Gasteiger partial charge in [0.15, 0.2) is 0 Å². The molecule has 6 heteroatoms. The van der Waals surface area contributed by atoms with Crippen LogP contribution in [0.1, 0.15) is 18.9 Å². The molecule has 0 bridgehead atoms. The van der Waals surface area contributed by atoms with Crippen molar-refractivity contribution >= 4 is 34.0 Å². The maximum atomic E-state index is 12.3. The second kappa shape index (κ2) is 9.50. The van der Waals surface area contributed by atoms with Gasteiger partial charge in [0.1, 0.15) is 5.75 Å². The largest absolute Gasteiger partial charge is 0.497 e. The fourth-order valence-electron chi connectivity index (χ4n) is 2.93. The number of nitrogens with zero attached hydrogens (tertiary/aromatic N) is 1. The molecule has 6 nitrogen and oxygen atoms in total. The average Bonchev–Trinajstić information content (AvgIpc) is 2.73. The molecule has 0 atom stereocenters. The van der Waals surface area contributed by atoms with Crippen LogP contribution in [0.25, 0.3) is 10.8 Å². The second-order valence-corrected chi connectivity index (χ2v) is 6.66. The van der Waals surface area contributed by atoms with Crippen molar-refractivity contribution < 1.29 is 14.3 Å². The highest BCUT2D eigenvalue weighted by Gasteiger charge is 2.08. The molecule has 29 heavy (non-hydrogen) atoms. The summed E-state index contributed by atoms with van der Waals surface area (Å²) in [5.74, 6) is 0.302. The predicted octanol–water partition coefficient (Wildman–Crippen LogP) is 3.91. The number of hydrogen-bond acceptors (Lipinski definition) is 4. The van der Waals surface area contributed by atoms with Gasteiger partial charge in [-0.1, -0.05) is 48.5 Å². The van der Waals surface area contributed by atoms with E-state index in [1.165, 1.54) is 0 Å². The summed E-state index contributed by atoms with van der Waals surface area (Å²) in [5, 5.41) is 8.97. The van der Waals surface area contributed by atoms with Crippen LogP contribution in [0.2, 0.25) is 0 Å². The number of nitrogens with one attached hydrogen (secondary N) is 2. The first-order valence-electron chi connectivity index (χ1n) is 9.27. The first kappa shape index (κ1) is 20.1. The quantitative estimate of drug-likeness (QED) is 0.475. The minimum Gasteiger partial charge on any atom is -0.497 e. The zero-order chi connectivity index (χ0) is 20.6. The number of rotatable bonds is 7. The summed E-state index contributed by atoms with van der Waals surface area (Å²) >= 11 is 0. The van der Waals surface area contributed by atoms with Crippen LogP contribution in [0.15, 0.2) is 71.8 Å². The minimum atomic E-state index is -0.246. The molecule has 0 saturated heterocycles. The van der Waals surface area contributed by atoms with Crippen molar-refractivity contribution in [2.45, 2.75) is 19.8 Å². The van der Waals surface area contributed by atoms with Crippen molar-refractivity contribution in [3.05, 3.63) is 72.3 Å². The summed E-state index contributed by atoms with van der Waals surface area (Å²) in [5.41, 5.74) is 4.62. The zero-order valence-corrected chi connectivity index (χ0v) is 16.4. The van der Waals surface area contributed by atoms with Crippen molar-refractivity contribution in [1.82, 2.24) is 5.43 Å². The van der Waals surface area contributed by atoms with E-state index in [9.17, 15) is 9.59 Å². The van der Waals surface area contributed by atoms with E-state index in [-0.39, 0.29) is 24.7 Å². The van der Waals surface area contributed by atoms with Gasteiger partial charge in [0.25, 0.3) is 0 Å². The molecule has 0 heterocycles. The Balaban J connectivity index is 1.53. The Bertz CT molecular complexity index is 1040. The molecule has 0 aliphatic rings. The summed E-state index contributed by atoms with van der Waals surface area (Å²) in [6.45, 7) is 1.70. The molecule has 3 aromatic rings. The summed E-state index contributed by atoms with van der Waals surface area (Å²) in [6.07, 6.45) is 0.287. The normalized spacial score (nSPS) is 11.2. The van der Waals surface area contributed by atoms with Crippen LogP contribution in [-0.2, 0) is 16.0 Å². The van der Waals surface area contributed by atoms with Gasteiger partial charge in [-0.15, -0.1) is 0 Å². The van der Waals surface area contributed by atoms with Gasteiger partial charge in [0.05, 0.1) is 20.0 Å². The lowest BCUT2D eigenvalue weighted by atomic mass is 10.1. The Morgan fingerprint density at radius 1 is 0.931 bits per heavy atom. The molecule has 0 aliphatic carbocycles. The highest BCUT2D eigenvalue weighted by molar-refractivity contribution is 6.09. The van der Waals surface area contributed by atoms with Gasteiger partial charge in [-0.25, -0.2) is 5.43 Å². The van der Waals surface area contributed by atoms with E-state index in [0.29, 0.717) is 5.71 Å². The standard InChI is InChI=1S/C23H23N3O3/c1-16(25-26-23(28)15-17-10-12-19(29-2)13-11-17)14-22(27)24-21-9-5-7-18-6-3-4-8-20(18)21/h3-13H,14-15H2,1-2H3,(H,24,27)(H,26,28)/b25-16-. The van der Waals surface area contributed by atoms with E-state index < -0.39 is 0 Å². The summed E-state index contributed by atoms with van der Waals surface area (Å²) in [6, 6.07) is 20.9. The third-order valence-corrected chi connectivity index (χ3v) is 4.38. The van der Waals surface area contributed by atoms with Crippen LogP contribution >= 0.6 is 0 Å². The molecule has 0 unspecified atom stereocenters. The Labute approximate surface area is 169 Å². The molecule has 0 aromatic heterocycles. The highest BCUT2D eigenvalue weighted by Crippen LogP contribution is 2.23. The maximum absolute atomic E-state index is 12.3. The molecule has 2 amide bonds. The predicted molar refractivity (Wildman–Crippen MR) is 115 cm³/mol. The lowest BCUT2D eigenvalue weighted by Gasteiger charge is -2.09. The fourth-order valence-corrected chi connectivity index (χ4v) is 2.93. The highest BCUT2D eigenvalue weighted by atomic mass is 16.5. The van der Waals surface area contributed by atoms with E-state index in [1.54, 1.807) is 26.2 Å². The Hall–Kier alpha value is -3.67. The molecule has 2 N–H and O–H groups in total. The Morgan fingerprint density at radius 3 is 2.41 bits per heavy atom. The SMILES string of the molecule is COc1ccc(CC(=O)N/N=C(/C)CC(=O)Nc2cccc3ccccc23)cc1. The Morgan fingerprint density at radius 2 is 1.66 bits per heavy atom. The smallest absolute Gasteiger partial charge is 0.244 e. The number of carbonyl (C=O) groups excluding carboxylic acids is 2. The third kappa shape index (κ3) is 5.65. The number of amides is 2. The van der Waals surface area contributed by atoms with Gasteiger partial charge in [0, 0.05) is 16.8 Å². The van der Waals surface area contributed by atoms with Gasteiger partial charge in [0.2, 0.25) is 11.8 Å². The molecule has 0 saturated carbocycles. The molecular formula is C23H23N3O3. The number of ether oxygens (including phenoxy) is 1. The van der Waals surface area contributed by atoms with Crippen molar-refractivity contribution in [2.24, 2.45) is 5.10 Å². The van der Waals surface area contributed by atoms with Crippen LogP contribution in [0.3, 0.4) is 0 Å². The first-order chi connectivity index (χ1) is 14.0. The number of hydrazone groups is 1. The maximum Gasteiger partial charge on any atom is 0.244 e. The minimum absolute atomic E-state index is 0.0893. The van der Waals surface area contributed by atoms with E-state index in [0.717, 1.165) is 27.8 Å². The van der Waals surface area contributed by atoms with Crippen molar-refractivity contribution in [2.75, 3.05) is 12.4 Å². The van der Waals surface area contributed by atoms with E-state index in [4.69, 9.17) is 4.74 Å². The number of fused-ring (bicyclic) bond motifs is 1. The number of benzene rings is 3. The summed E-state index contributed by atoms with van der Waals surface area (Å²) in [4.78, 5) is 24.4. The summed E-state index contributed by atoms with van der Waals surface area (Å²) in [7, 11) is 1.59. The van der Waals surface area contributed by atoms with Gasteiger partial charge >= 0.3 is 0 Å². The summed E-state index contributed by atoms with van der Waals surface area (Å²) < 4.78 is 5.10. The van der Waals surface area contributed by atoms with Crippen molar-refractivity contribution in [3.8, 4) is 5.75 Å². The molecular weight excluding hydrogens is 366 g/mol. The lowest BCUT2D eigenvalue weighted by Crippen LogP contribution is -2.22. The van der Waals surface area contributed by atoms with Crippen molar-refractivity contribution in [3.63, 3.8) is 0 Å². The molecule has 148 valence electrons. The second-order valence-electron chi connectivity index (χ2n) is 6.66. The zero-order valence-electron chi connectivity index (χ0n) is 16.4. The Kier molecular flexibility index (Phi) is 6.58. The molecule has 0 spiro atoms. The van der Waals surface area contributed by atoms with E-state index in [2.05, 4.69) is 15.8 Å². The molecule has 3 aromatic carbocycles. The van der Waals surface area contributed by atoms with Gasteiger partial charge in [-0.2, -0.15) is 5.10 Å². The van der Waals surface area contributed by atoms with E-state index in [1.807, 2.05) is 54.6 Å². The molecule has 0 aliphatic heterocycles. The number of carbonyl (C=O) groups is 2. The number of anilines is 1.